The summed E-state index contributed by atoms with van der Waals surface area (Å²) in [5.74, 6) is 0.854. The van der Waals surface area contributed by atoms with Crippen LogP contribution in [0.2, 0.25) is 0 Å². The number of benzene rings is 2. The third-order valence-corrected chi connectivity index (χ3v) is 4.48. The Bertz CT molecular complexity index is 622. The van der Waals surface area contributed by atoms with Gasteiger partial charge in [0.05, 0.1) is 6.61 Å². The van der Waals surface area contributed by atoms with Crippen molar-refractivity contribution in [3.05, 3.63) is 42.5 Å². The highest BCUT2D eigenvalue weighted by Crippen LogP contribution is 2.32. The van der Waals surface area contributed by atoms with Gasteiger partial charge in [-0.05, 0) is 36.2 Å². The summed E-state index contributed by atoms with van der Waals surface area (Å²) in [4.78, 5) is 0. The molecule has 2 aromatic carbocycles. The zero-order valence-electron chi connectivity index (χ0n) is 15.5. The maximum Gasteiger partial charge on any atom is 0.129 e. The van der Waals surface area contributed by atoms with E-state index in [-0.39, 0.29) is 0 Å². The number of ether oxygens (including phenoxy) is 1. The van der Waals surface area contributed by atoms with Crippen LogP contribution in [0.5, 0.6) is 5.75 Å². The van der Waals surface area contributed by atoms with E-state index < -0.39 is 0 Å². The summed E-state index contributed by atoms with van der Waals surface area (Å²) in [6, 6.07) is 13.7. The Morgan fingerprint density at radius 2 is 1.32 bits per heavy atom. The van der Waals surface area contributed by atoms with Crippen LogP contribution in [-0.4, -0.2) is 6.61 Å². The summed E-state index contributed by atoms with van der Waals surface area (Å²) in [5, 5.41) is 0. The zero-order valence-corrected chi connectivity index (χ0v) is 15.5. The van der Waals surface area contributed by atoms with Gasteiger partial charge in [-0.3, -0.25) is 0 Å². The number of hydrogen-bond acceptors (Lipinski definition) is 3. The molecule has 0 amide bonds. The van der Waals surface area contributed by atoms with Crippen LogP contribution >= 0.6 is 0 Å². The number of nitrogen functional groups attached to an aromatic ring is 2. The number of anilines is 2. The quantitative estimate of drug-likeness (QED) is 0.387. The van der Waals surface area contributed by atoms with Crippen molar-refractivity contribution in [2.24, 2.45) is 0 Å². The molecule has 3 nitrogen and oxygen atoms in total. The number of rotatable bonds is 11. The van der Waals surface area contributed by atoms with Gasteiger partial charge in [-0.2, -0.15) is 0 Å². The van der Waals surface area contributed by atoms with Gasteiger partial charge in [-0.15, -0.1) is 0 Å². The molecule has 4 N–H and O–H groups in total. The first-order valence-electron chi connectivity index (χ1n) is 9.59. The molecule has 0 aliphatic heterocycles. The highest BCUT2D eigenvalue weighted by Gasteiger charge is 2.07. The molecule has 0 radical (unpaired) electrons. The Kier molecular flexibility index (Phi) is 8.17. The molecule has 0 heterocycles. The normalized spacial score (nSPS) is 10.8. The van der Waals surface area contributed by atoms with E-state index in [0.717, 1.165) is 41.3 Å². The summed E-state index contributed by atoms with van der Waals surface area (Å²) in [6.45, 7) is 2.99. The predicted octanol–water partition coefficient (Wildman–Crippen LogP) is 6.04. The molecule has 136 valence electrons. The molecule has 3 heteroatoms. The number of hydrogen-bond donors (Lipinski definition) is 2. The van der Waals surface area contributed by atoms with Gasteiger partial charge in [-0.25, -0.2) is 0 Å². The van der Waals surface area contributed by atoms with Gasteiger partial charge in [-0.1, -0.05) is 64.0 Å². The van der Waals surface area contributed by atoms with Gasteiger partial charge in [0.25, 0.3) is 0 Å². The Balaban J connectivity index is 1.81. The van der Waals surface area contributed by atoms with E-state index in [2.05, 4.69) is 6.92 Å². The average Bonchev–Trinajstić information content (AvgIpc) is 2.61. The fourth-order valence-electron chi connectivity index (χ4n) is 2.98. The topological polar surface area (TPSA) is 61.3 Å². The Morgan fingerprint density at radius 1 is 0.720 bits per heavy atom. The first kappa shape index (κ1) is 19.2. The molecule has 0 atom stereocenters. The minimum Gasteiger partial charge on any atom is -0.493 e. The van der Waals surface area contributed by atoms with Crippen LogP contribution in [0.1, 0.15) is 58.3 Å². The van der Waals surface area contributed by atoms with E-state index in [1.807, 2.05) is 42.5 Å². The van der Waals surface area contributed by atoms with Gasteiger partial charge in [0.1, 0.15) is 5.75 Å². The van der Waals surface area contributed by atoms with E-state index >= 15 is 0 Å². The molecule has 0 fully saturated rings. The van der Waals surface area contributed by atoms with Crippen LogP contribution in [0.25, 0.3) is 11.1 Å². The molecule has 0 saturated heterocycles. The van der Waals surface area contributed by atoms with E-state index in [1.54, 1.807) is 0 Å². The molecule has 0 bridgehead atoms. The first-order valence-corrected chi connectivity index (χ1v) is 9.59. The lowest BCUT2D eigenvalue weighted by molar-refractivity contribution is 0.305. The molecular formula is C22H32N2O. The summed E-state index contributed by atoms with van der Waals surface area (Å²) in [5.41, 5.74) is 15.4. The zero-order chi connectivity index (χ0) is 17.9. The van der Waals surface area contributed by atoms with E-state index in [1.165, 1.54) is 44.9 Å². The van der Waals surface area contributed by atoms with Crippen molar-refractivity contribution >= 4 is 11.4 Å². The van der Waals surface area contributed by atoms with Crippen LogP contribution in [0, 0.1) is 0 Å². The Hall–Kier alpha value is -2.16. The lowest BCUT2D eigenvalue weighted by Crippen LogP contribution is -2.00. The van der Waals surface area contributed by atoms with Gasteiger partial charge < -0.3 is 16.2 Å². The van der Waals surface area contributed by atoms with Crippen molar-refractivity contribution in [3.8, 4) is 16.9 Å². The molecule has 0 unspecified atom stereocenters. The van der Waals surface area contributed by atoms with Crippen LogP contribution in [0.15, 0.2) is 42.5 Å². The molecular weight excluding hydrogens is 308 g/mol. The predicted molar refractivity (Wildman–Crippen MR) is 109 cm³/mol. The van der Waals surface area contributed by atoms with Crippen LogP contribution in [0.3, 0.4) is 0 Å². The highest BCUT2D eigenvalue weighted by atomic mass is 16.5. The van der Waals surface area contributed by atoms with Crippen molar-refractivity contribution in [2.45, 2.75) is 58.3 Å². The standard InChI is InChI=1S/C22H32N2O/c1-2-3-4-5-6-7-8-9-16-25-22-17-20(24)14-15-21(22)18-10-12-19(23)13-11-18/h10-15,17H,2-9,16,23-24H2,1H3. The third kappa shape index (κ3) is 6.69. The van der Waals surface area contributed by atoms with Gasteiger partial charge in [0.2, 0.25) is 0 Å². The second kappa shape index (κ2) is 10.7. The third-order valence-electron chi connectivity index (χ3n) is 4.48. The summed E-state index contributed by atoms with van der Waals surface area (Å²) < 4.78 is 6.04. The van der Waals surface area contributed by atoms with Gasteiger partial charge in [0.15, 0.2) is 0 Å². The smallest absolute Gasteiger partial charge is 0.129 e. The monoisotopic (exact) mass is 340 g/mol. The Morgan fingerprint density at radius 3 is 2.00 bits per heavy atom. The van der Waals surface area contributed by atoms with Crippen molar-refractivity contribution < 1.29 is 4.74 Å². The lowest BCUT2D eigenvalue weighted by atomic mass is 10.0. The molecule has 0 aromatic heterocycles. The lowest BCUT2D eigenvalue weighted by Gasteiger charge is -2.13. The molecule has 0 aliphatic carbocycles. The van der Waals surface area contributed by atoms with Crippen molar-refractivity contribution in [1.82, 2.24) is 0 Å². The molecule has 0 saturated carbocycles. The average molecular weight is 341 g/mol. The van der Waals surface area contributed by atoms with Crippen LogP contribution in [-0.2, 0) is 0 Å². The molecule has 25 heavy (non-hydrogen) atoms. The second-order valence-electron chi connectivity index (χ2n) is 6.70. The second-order valence-corrected chi connectivity index (χ2v) is 6.70. The van der Waals surface area contributed by atoms with Crippen LogP contribution < -0.4 is 16.2 Å². The first-order chi connectivity index (χ1) is 12.2. The maximum atomic E-state index is 6.04. The van der Waals surface area contributed by atoms with Crippen LogP contribution in [0.4, 0.5) is 11.4 Å². The number of nitrogens with two attached hydrogens (primary N) is 2. The van der Waals surface area contributed by atoms with Gasteiger partial charge >= 0.3 is 0 Å². The van der Waals surface area contributed by atoms with E-state index in [9.17, 15) is 0 Å². The molecule has 0 aliphatic rings. The molecule has 0 spiro atoms. The van der Waals surface area contributed by atoms with E-state index in [0.29, 0.717) is 0 Å². The summed E-state index contributed by atoms with van der Waals surface area (Å²) in [6.07, 6.45) is 10.4. The fourth-order valence-corrected chi connectivity index (χ4v) is 2.98. The largest absolute Gasteiger partial charge is 0.493 e. The van der Waals surface area contributed by atoms with Crippen molar-refractivity contribution in [2.75, 3.05) is 18.1 Å². The number of unbranched alkanes of at least 4 members (excludes halogenated alkanes) is 7. The van der Waals surface area contributed by atoms with E-state index in [4.69, 9.17) is 16.2 Å². The SMILES string of the molecule is CCCCCCCCCCOc1cc(N)ccc1-c1ccc(N)cc1. The Labute approximate surface area is 152 Å². The minimum atomic E-state index is 0.727. The maximum absolute atomic E-state index is 6.04. The van der Waals surface area contributed by atoms with Gasteiger partial charge in [0, 0.05) is 23.0 Å². The minimum absolute atomic E-state index is 0.727. The summed E-state index contributed by atoms with van der Waals surface area (Å²) in [7, 11) is 0. The molecule has 2 aromatic rings. The summed E-state index contributed by atoms with van der Waals surface area (Å²) >= 11 is 0. The fraction of sp³-hybridized carbons (Fsp3) is 0.455. The molecule has 2 rings (SSSR count). The van der Waals surface area contributed by atoms with Crippen molar-refractivity contribution in [1.29, 1.82) is 0 Å². The highest BCUT2D eigenvalue weighted by molar-refractivity contribution is 5.74. The van der Waals surface area contributed by atoms with Crippen molar-refractivity contribution in [3.63, 3.8) is 0 Å².